The highest BCUT2D eigenvalue weighted by Crippen LogP contribution is 2.42. The second-order valence-corrected chi connectivity index (χ2v) is 10.3. The van der Waals surface area contributed by atoms with Crippen molar-refractivity contribution in [2.45, 2.75) is 50.2 Å². The molecule has 18 heteroatoms. The Morgan fingerprint density at radius 3 is 2.38 bits per heavy atom. The quantitative estimate of drug-likeness (QED) is 0.173. The first-order chi connectivity index (χ1) is 21.3. The van der Waals surface area contributed by atoms with E-state index in [1.807, 2.05) is 0 Å². The van der Waals surface area contributed by atoms with Crippen molar-refractivity contribution in [2.75, 3.05) is 30.2 Å². The van der Waals surface area contributed by atoms with E-state index in [1.165, 1.54) is 32.4 Å². The number of benzene rings is 1. The predicted molar refractivity (Wildman–Crippen MR) is 151 cm³/mol. The van der Waals surface area contributed by atoms with Gasteiger partial charge in [-0.1, -0.05) is 0 Å². The number of amides is 1. The number of aliphatic carboxylic acids is 1. The van der Waals surface area contributed by atoms with Crippen LogP contribution in [0.3, 0.4) is 0 Å². The zero-order valence-electron chi connectivity index (χ0n) is 24.1. The normalized spacial score (nSPS) is 23.6. The molecule has 1 amide bonds. The molecule has 3 aromatic rings. The molecule has 1 aromatic carbocycles. The number of aliphatic hydroxyl groups is 3. The van der Waals surface area contributed by atoms with Crippen molar-refractivity contribution in [3.05, 3.63) is 36.3 Å². The van der Waals surface area contributed by atoms with Crippen molar-refractivity contribution in [3.63, 3.8) is 0 Å². The van der Waals surface area contributed by atoms with E-state index in [4.69, 9.17) is 23.7 Å². The minimum atomic E-state index is -1.91. The Balaban J connectivity index is 1.36. The number of pyridine rings is 1. The van der Waals surface area contributed by atoms with Gasteiger partial charge in [-0.25, -0.2) is 19.2 Å². The number of fused-ring (bicyclic) bond motifs is 1. The maximum absolute atomic E-state index is 14.7. The molecule has 2 aromatic heterocycles. The molecule has 7 N–H and O–H groups in total. The Bertz CT molecular complexity index is 1600. The number of hydrogen-bond donors (Lipinski definition) is 7. The van der Waals surface area contributed by atoms with E-state index in [2.05, 4.69) is 30.9 Å². The van der Waals surface area contributed by atoms with E-state index in [0.29, 0.717) is 5.75 Å². The van der Waals surface area contributed by atoms with Gasteiger partial charge in [0.15, 0.2) is 46.4 Å². The smallest absolute Gasteiger partial charge is 0.335 e. The molecular weight excluding hydrogens is 603 g/mol. The molecule has 1 fully saturated rings. The first kappa shape index (κ1) is 31.4. The lowest BCUT2D eigenvalue weighted by Gasteiger charge is -2.38. The van der Waals surface area contributed by atoms with Crippen molar-refractivity contribution in [1.82, 2.24) is 15.0 Å². The maximum Gasteiger partial charge on any atom is 0.335 e. The van der Waals surface area contributed by atoms with Gasteiger partial charge in [0.1, 0.15) is 24.1 Å². The van der Waals surface area contributed by atoms with Gasteiger partial charge in [0.2, 0.25) is 18.0 Å². The number of halogens is 1. The molecule has 240 valence electrons. The van der Waals surface area contributed by atoms with E-state index in [-0.39, 0.29) is 46.3 Å². The molecular formula is C27H29FN6O11. The lowest BCUT2D eigenvalue weighted by Crippen LogP contribution is -2.61. The van der Waals surface area contributed by atoms with Crippen LogP contribution in [0.15, 0.2) is 30.5 Å². The average molecular weight is 633 g/mol. The molecule has 5 atom stereocenters. The first-order valence-corrected chi connectivity index (χ1v) is 13.2. The Morgan fingerprint density at radius 2 is 1.73 bits per heavy atom. The zero-order valence-corrected chi connectivity index (χ0v) is 24.1. The van der Waals surface area contributed by atoms with Gasteiger partial charge in [0.05, 0.1) is 20.4 Å². The summed E-state index contributed by atoms with van der Waals surface area (Å²) in [6.45, 7) is 3.22. The highest BCUT2D eigenvalue weighted by molar-refractivity contribution is 5.99. The van der Waals surface area contributed by atoms with Crippen LogP contribution >= 0.6 is 0 Å². The Hall–Kier alpha value is -5.04. The van der Waals surface area contributed by atoms with Gasteiger partial charge >= 0.3 is 5.97 Å². The fourth-order valence-electron chi connectivity index (χ4n) is 4.37. The van der Waals surface area contributed by atoms with Crippen molar-refractivity contribution >= 4 is 41.0 Å². The standard InChI is InChI=1S/C27H29FN6O11/c1-27(2)25(40)33-22-12(45-27)5-6-15(32-22)31-21-11(28)9-29-26(34-21)30-10-7-13(41-3)19(14(8-10)42-4)43-24-18(37)16(35)17(36)20(44-24)23(38)39/h5-9,16-18,20,24,35-37H,1-4H3,(H,38,39)(H3,29,30,31,32,33,34,40)/t16-,17-,18+,20-,24+/m0/s1. The topological polar surface area (TPSA) is 236 Å². The molecule has 2 aliphatic rings. The van der Waals surface area contributed by atoms with Gasteiger partial charge in [-0.15, -0.1) is 0 Å². The Morgan fingerprint density at radius 1 is 1.04 bits per heavy atom. The van der Waals surface area contributed by atoms with Crippen LogP contribution in [-0.4, -0.2) is 97.8 Å². The summed E-state index contributed by atoms with van der Waals surface area (Å²) in [5.74, 6) is -2.59. The number of anilines is 5. The van der Waals surface area contributed by atoms with Crippen molar-refractivity contribution in [3.8, 4) is 23.0 Å². The summed E-state index contributed by atoms with van der Waals surface area (Å²) >= 11 is 0. The SMILES string of the molecule is COc1cc(Nc2ncc(F)c(Nc3ccc4c(n3)NC(=O)C(C)(C)O4)n2)cc(OC)c1O[C@@H]1O[C@H](C(=O)O)[C@@H](O)[C@H](O)[C@H]1O. The molecule has 0 spiro atoms. The third-order valence-electron chi connectivity index (χ3n) is 6.76. The second kappa shape index (κ2) is 12.2. The molecule has 45 heavy (non-hydrogen) atoms. The number of rotatable bonds is 9. The number of carboxylic acid groups (broad SMARTS) is 1. The summed E-state index contributed by atoms with van der Waals surface area (Å²) < 4.78 is 41.9. The number of nitrogens with one attached hydrogen (secondary N) is 3. The number of carboxylic acids is 1. The summed E-state index contributed by atoms with van der Waals surface area (Å²) in [7, 11) is 2.58. The van der Waals surface area contributed by atoms with Gasteiger partial charge in [-0.3, -0.25) is 4.79 Å². The van der Waals surface area contributed by atoms with E-state index < -0.39 is 54.0 Å². The van der Waals surface area contributed by atoms with Crippen molar-refractivity contribution in [1.29, 1.82) is 0 Å². The summed E-state index contributed by atoms with van der Waals surface area (Å²) in [6.07, 6.45) is -8.34. The third-order valence-corrected chi connectivity index (χ3v) is 6.76. The predicted octanol–water partition coefficient (Wildman–Crippen LogP) is 0.896. The van der Waals surface area contributed by atoms with Gasteiger partial charge in [0.25, 0.3) is 5.91 Å². The summed E-state index contributed by atoms with van der Waals surface area (Å²) in [5.41, 5.74) is -0.814. The number of aromatic nitrogens is 3. The molecule has 0 bridgehead atoms. The number of aliphatic hydroxyl groups excluding tert-OH is 3. The van der Waals surface area contributed by atoms with Gasteiger partial charge in [0, 0.05) is 17.8 Å². The number of hydrogen-bond acceptors (Lipinski definition) is 15. The van der Waals surface area contributed by atoms with Crippen LogP contribution in [0.25, 0.3) is 0 Å². The average Bonchev–Trinajstić information content (AvgIpc) is 2.99. The lowest BCUT2D eigenvalue weighted by molar-refractivity contribution is -0.271. The fraction of sp³-hybridized carbons (Fsp3) is 0.370. The third kappa shape index (κ3) is 6.29. The highest BCUT2D eigenvalue weighted by atomic mass is 19.1. The minimum absolute atomic E-state index is 0.00583. The molecule has 17 nitrogen and oxygen atoms in total. The zero-order chi connectivity index (χ0) is 32.6. The van der Waals surface area contributed by atoms with Gasteiger partial charge < -0.3 is 60.1 Å². The number of nitrogens with zero attached hydrogens (tertiary/aromatic N) is 3. The fourth-order valence-corrected chi connectivity index (χ4v) is 4.37. The van der Waals surface area contributed by atoms with E-state index in [0.717, 1.165) is 6.20 Å². The van der Waals surface area contributed by atoms with E-state index in [9.17, 15) is 34.4 Å². The van der Waals surface area contributed by atoms with Gasteiger partial charge in [-0.05, 0) is 26.0 Å². The van der Waals surface area contributed by atoms with Crippen LogP contribution < -0.4 is 34.9 Å². The molecule has 0 saturated carbocycles. The van der Waals surface area contributed by atoms with E-state index in [1.54, 1.807) is 19.9 Å². The lowest BCUT2D eigenvalue weighted by atomic mass is 9.99. The molecule has 5 rings (SSSR count). The van der Waals surface area contributed by atoms with Crippen LogP contribution in [0.5, 0.6) is 23.0 Å². The molecule has 0 aliphatic carbocycles. The van der Waals surface area contributed by atoms with Crippen LogP contribution in [0.2, 0.25) is 0 Å². The highest BCUT2D eigenvalue weighted by Gasteiger charge is 2.48. The van der Waals surface area contributed by atoms with Crippen molar-refractivity contribution < 1.29 is 58.1 Å². The summed E-state index contributed by atoms with van der Waals surface area (Å²) in [4.78, 5) is 36.1. The Labute approximate surface area is 253 Å². The number of carbonyl (C=O) groups is 2. The maximum atomic E-state index is 14.7. The molecule has 4 heterocycles. The van der Waals surface area contributed by atoms with Crippen LogP contribution in [0, 0.1) is 5.82 Å². The van der Waals surface area contributed by atoms with Crippen LogP contribution in [0.1, 0.15) is 13.8 Å². The minimum Gasteiger partial charge on any atom is -0.493 e. The van der Waals surface area contributed by atoms with Gasteiger partial charge in [-0.2, -0.15) is 4.98 Å². The second-order valence-electron chi connectivity index (χ2n) is 10.3. The summed E-state index contributed by atoms with van der Waals surface area (Å²) in [5, 5.41) is 48.0. The monoisotopic (exact) mass is 632 g/mol. The number of methoxy groups -OCH3 is 2. The van der Waals surface area contributed by atoms with Crippen LogP contribution in [0.4, 0.5) is 33.5 Å². The molecule has 0 radical (unpaired) electrons. The summed E-state index contributed by atoms with van der Waals surface area (Å²) in [6, 6.07) is 5.89. The van der Waals surface area contributed by atoms with Crippen molar-refractivity contribution in [2.24, 2.45) is 0 Å². The molecule has 2 aliphatic heterocycles. The molecule has 0 unspecified atom stereocenters. The molecule has 1 saturated heterocycles. The largest absolute Gasteiger partial charge is 0.493 e. The van der Waals surface area contributed by atoms with E-state index >= 15 is 0 Å². The first-order valence-electron chi connectivity index (χ1n) is 13.2. The number of carbonyl (C=O) groups excluding carboxylic acids is 1. The number of ether oxygens (including phenoxy) is 5. The Kier molecular flexibility index (Phi) is 8.48. The van der Waals surface area contributed by atoms with Crippen LogP contribution in [-0.2, 0) is 14.3 Å².